The van der Waals surface area contributed by atoms with Gasteiger partial charge in [0.1, 0.15) is 11.9 Å². The Balaban J connectivity index is 2.56. The van der Waals surface area contributed by atoms with Crippen LogP contribution in [0.4, 0.5) is 4.39 Å². The van der Waals surface area contributed by atoms with Gasteiger partial charge < -0.3 is 5.11 Å². The van der Waals surface area contributed by atoms with E-state index in [0.29, 0.717) is 0 Å². The zero-order valence-electron chi connectivity index (χ0n) is 11.2. The Hall–Kier alpha value is -1.19. The standard InChI is InChI=1S/C16H16BrFO/c1-9-5-4-6-13(15(9)17)16(19)14-10(2)7-12(18)8-11(14)3/h4-8,16,19H,1-3H3. The molecule has 0 aliphatic carbocycles. The van der Waals surface area contributed by atoms with Crippen molar-refractivity contribution in [2.75, 3.05) is 0 Å². The number of benzene rings is 2. The monoisotopic (exact) mass is 322 g/mol. The van der Waals surface area contributed by atoms with Crippen molar-refractivity contribution in [2.45, 2.75) is 26.9 Å². The minimum atomic E-state index is -0.755. The molecule has 0 fully saturated rings. The molecule has 0 radical (unpaired) electrons. The first kappa shape index (κ1) is 14.2. The highest BCUT2D eigenvalue weighted by molar-refractivity contribution is 9.10. The van der Waals surface area contributed by atoms with Crippen LogP contribution in [0.5, 0.6) is 0 Å². The van der Waals surface area contributed by atoms with Crippen molar-refractivity contribution in [1.29, 1.82) is 0 Å². The average molecular weight is 323 g/mol. The maximum Gasteiger partial charge on any atom is 0.123 e. The van der Waals surface area contributed by atoms with Gasteiger partial charge in [0.2, 0.25) is 0 Å². The average Bonchev–Trinajstić information content (AvgIpc) is 2.31. The van der Waals surface area contributed by atoms with Crippen LogP contribution in [0.25, 0.3) is 0 Å². The predicted octanol–water partition coefficient (Wildman–Crippen LogP) is 4.60. The molecule has 2 aromatic carbocycles. The second-order valence-electron chi connectivity index (χ2n) is 4.83. The molecule has 0 saturated carbocycles. The molecule has 0 aliphatic rings. The van der Waals surface area contributed by atoms with E-state index in [1.807, 2.05) is 39.0 Å². The number of halogens is 2. The Labute approximate surface area is 121 Å². The van der Waals surface area contributed by atoms with E-state index in [2.05, 4.69) is 15.9 Å². The van der Waals surface area contributed by atoms with E-state index in [9.17, 15) is 9.50 Å². The summed E-state index contributed by atoms with van der Waals surface area (Å²) >= 11 is 3.51. The summed E-state index contributed by atoms with van der Waals surface area (Å²) in [4.78, 5) is 0. The number of rotatable bonds is 2. The number of aryl methyl sites for hydroxylation is 3. The Morgan fingerprint density at radius 3 is 2.21 bits per heavy atom. The zero-order chi connectivity index (χ0) is 14.2. The summed E-state index contributed by atoms with van der Waals surface area (Å²) in [6.07, 6.45) is -0.755. The normalized spacial score (nSPS) is 12.5. The molecule has 1 nitrogen and oxygen atoms in total. The van der Waals surface area contributed by atoms with Crippen molar-refractivity contribution < 1.29 is 9.50 Å². The van der Waals surface area contributed by atoms with Crippen LogP contribution in [-0.4, -0.2) is 5.11 Å². The molecule has 0 saturated heterocycles. The molecular weight excluding hydrogens is 307 g/mol. The molecule has 0 amide bonds. The molecule has 1 atom stereocenters. The molecule has 2 aromatic rings. The van der Waals surface area contributed by atoms with Gasteiger partial charge in [0.05, 0.1) is 0 Å². The fraction of sp³-hybridized carbons (Fsp3) is 0.250. The molecule has 0 spiro atoms. The molecule has 0 heterocycles. The first-order valence-electron chi connectivity index (χ1n) is 6.11. The van der Waals surface area contributed by atoms with E-state index in [1.165, 1.54) is 12.1 Å². The molecule has 100 valence electrons. The lowest BCUT2D eigenvalue weighted by Gasteiger charge is -2.19. The molecule has 2 rings (SSSR count). The summed E-state index contributed by atoms with van der Waals surface area (Å²) in [5.74, 6) is -0.269. The van der Waals surface area contributed by atoms with Crippen molar-refractivity contribution in [3.8, 4) is 0 Å². The van der Waals surface area contributed by atoms with Gasteiger partial charge >= 0.3 is 0 Å². The molecule has 3 heteroatoms. The van der Waals surface area contributed by atoms with Crippen LogP contribution >= 0.6 is 15.9 Å². The third-order valence-corrected chi connectivity index (χ3v) is 4.43. The number of aliphatic hydroxyl groups excluding tert-OH is 1. The van der Waals surface area contributed by atoms with Crippen LogP contribution in [0.2, 0.25) is 0 Å². The minimum absolute atomic E-state index is 0.269. The smallest absolute Gasteiger partial charge is 0.123 e. The van der Waals surface area contributed by atoms with Gasteiger partial charge in [-0.05, 0) is 60.7 Å². The van der Waals surface area contributed by atoms with Crippen molar-refractivity contribution in [2.24, 2.45) is 0 Å². The van der Waals surface area contributed by atoms with E-state index < -0.39 is 6.10 Å². The van der Waals surface area contributed by atoms with Crippen LogP contribution in [0.1, 0.15) is 33.9 Å². The summed E-state index contributed by atoms with van der Waals surface area (Å²) in [7, 11) is 0. The maximum atomic E-state index is 13.3. The number of aliphatic hydroxyl groups is 1. The van der Waals surface area contributed by atoms with E-state index >= 15 is 0 Å². The van der Waals surface area contributed by atoms with E-state index in [1.54, 1.807) is 0 Å². The Kier molecular flexibility index (Phi) is 4.07. The predicted molar refractivity (Wildman–Crippen MR) is 78.8 cm³/mol. The summed E-state index contributed by atoms with van der Waals surface area (Å²) in [6, 6.07) is 8.67. The summed E-state index contributed by atoms with van der Waals surface area (Å²) < 4.78 is 14.2. The van der Waals surface area contributed by atoms with E-state index in [0.717, 1.165) is 32.3 Å². The summed E-state index contributed by atoms with van der Waals surface area (Å²) in [5.41, 5.74) is 4.16. The first-order valence-corrected chi connectivity index (χ1v) is 6.91. The molecular formula is C16H16BrFO. The van der Waals surface area contributed by atoms with Gasteiger partial charge in [0.25, 0.3) is 0 Å². The minimum Gasteiger partial charge on any atom is -0.384 e. The number of hydrogen-bond donors (Lipinski definition) is 1. The van der Waals surface area contributed by atoms with Crippen LogP contribution in [0.3, 0.4) is 0 Å². The Morgan fingerprint density at radius 1 is 1.05 bits per heavy atom. The summed E-state index contributed by atoms with van der Waals surface area (Å²) in [6.45, 7) is 5.61. The quantitative estimate of drug-likeness (QED) is 0.857. The third-order valence-electron chi connectivity index (χ3n) is 3.35. The second kappa shape index (κ2) is 5.43. The van der Waals surface area contributed by atoms with Crippen LogP contribution in [-0.2, 0) is 0 Å². The Bertz CT molecular complexity index is 599. The van der Waals surface area contributed by atoms with Gasteiger partial charge in [-0.25, -0.2) is 4.39 Å². The van der Waals surface area contributed by atoms with Gasteiger partial charge in [-0.3, -0.25) is 0 Å². The van der Waals surface area contributed by atoms with Gasteiger partial charge in [0.15, 0.2) is 0 Å². The van der Waals surface area contributed by atoms with Gasteiger partial charge in [-0.15, -0.1) is 0 Å². The molecule has 19 heavy (non-hydrogen) atoms. The van der Waals surface area contributed by atoms with Crippen LogP contribution < -0.4 is 0 Å². The molecule has 1 N–H and O–H groups in total. The van der Waals surface area contributed by atoms with Crippen LogP contribution in [0.15, 0.2) is 34.8 Å². The van der Waals surface area contributed by atoms with E-state index in [4.69, 9.17) is 0 Å². The molecule has 1 unspecified atom stereocenters. The zero-order valence-corrected chi connectivity index (χ0v) is 12.8. The molecule has 0 aliphatic heterocycles. The fourth-order valence-electron chi connectivity index (χ4n) is 2.39. The molecule has 0 bridgehead atoms. The lowest BCUT2D eigenvalue weighted by molar-refractivity contribution is 0.218. The van der Waals surface area contributed by atoms with Gasteiger partial charge in [-0.2, -0.15) is 0 Å². The van der Waals surface area contributed by atoms with Gasteiger partial charge in [0, 0.05) is 4.47 Å². The summed E-state index contributed by atoms with van der Waals surface area (Å²) in [5, 5.41) is 10.6. The highest BCUT2D eigenvalue weighted by Crippen LogP contribution is 2.33. The van der Waals surface area contributed by atoms with Crippen LogP contribution in [0, 0.1) is 26.6 Å². The van der Waals surface area contributed by atoms with Gasteiger partial charge in [-0.1, -0.05) is 34.1 Å². The lowest BCUT2D eigenvalue weighted by atomic mass is 9.92. The van der Waals surface area contributed by atoms with Crippen molar-refractivity contribution in [3.63, 3.8) is 0 Å². The lowest BCUT2D eigenvalue weighted by Crippen LogP contribution is -2.06. The fourth-order valence-corrected chi connectivity index (χ4v) is 2.87. The second-order valence-corrected chi connectivity index (χ2v) is 5.63. The highest BCUT2D eigenvalue weighted by Gasteiger charge is 2.19. The third kappa shape index (κ3) is 2.72. The van der Waals surface area contributed by atoms with Crippen molar-refractivity contribution in [1.82, 2.24) is 0 Å². The van der Waals surface area contributed by atoms with Crippen molar-refractivity contribution >= 4 is 15.9 Å². The highest BCUT2D eigenvalue weighted by atomic mass is 79.9. The number of hydrogen-bond acceptors (Lipinski definition) is 1. The first-order chi connectivity index (χ1) is 8.91. The molecule has 0 aromatic heterocycles. The van der Waals surface area contributed by atoms with E-state index in [-0.39, 0.29) is 5.82 Å². The van der Waals surface area contributed by atoms with Crippen molar-refractivity contribution in [3.05, 3.63) is 68.4 Å². The maximum absolute atomic E-state index is 13.3. The SMILES string of the molecule is Cc1cccc(C(O)c2c(C)cc(F)cc2C)c1Br. The Morgan fingerprint density at radius 2 is 1.63 bits per heavy atom. The largest absolute Gasteiger partial charge is 0.384 e. The topological polar surface area (TPSA) is 20.2 Å².